The summed E-state index contributed by atoms with van der Waals surface area (Å²) in [6.45, 7) is 4.76. The van der Waals surface area contributed by atoms with E-state index in [-0.39, 0.29) is 18.4 Å². The molecular formula is C16H21NO3S. The van der Waals surface area contributed by atoms with Gasteiger partial charge in [0.25, 0.3) is 0 Å². The Hall–Kier alpha value is -1.49. The SMILES string of the molecule is Cc1ccc(C)c(SCC(=O)N2CCCC2CC(=O)O)c1. The van der Waals surface area contributed by atoms with Gasteiger partial charge in [-0.2, -0.15) is 0 Å². The number of carbonyl (C=O) groups excluding carboxylic acids is 1. The molecule has 1 aromatic rings. The third kappa shape index (κ3) is 4.24. The van der Waals surface area contributed by atoms with Crippen LogP contribution in [0.5, 0.6) is 0 Å². The molecule has 0 bridgehead atoms. The zero-order chi connectivity index (χ0) is 15.4. The fraction of sp³-hybridized carbons (Fsp3) is 0.500. The van der Waals surface area contributed by atoms with E-state index in [9.17, 15) is 9.59 Å². The summed E-state index contributed by atoms with van der Waals surface area (Å²) in [5, 5.41) is 8.91. The van der Waals surface area contributed by atoms with Gasteiger partial charge in [0.1, 0.15) is 0 Å². The molecular weight excluding hydrogens is 286 g/mol. The smallest absolute Gasteiger partial charge is 0.305 e. The van der Waals surface area contributed by atoms with Crippen LogP contribution in [0.25, 0.3) is 0 Å². The molecule has 1 aromatic carbocycles. The molecule has 1 aliphatic heterocycles. The first-order valence-corrected chi connectivity index (χ1v) is 8.17. The lowest BCUT2D eigenvalue weighted by Gasteiger charge is -2.23. The second kappa shape index (κ2) is 6.98. The maximum atomic E-state index is 12.3. The molecule has 21 heavy (non-hydrogen) atoms. The van der Waals surface area contributed by atoms with Crippen molar-refractivity contribution in [3.8, 4) is 0 Å². The average Bonchev–Trinajstić information content (AvgIpc) is 2.86. The van der Waals surface area contributed by atoms with Crippen molar-refractivity contribution in [3.63, 3.8) is 0 Å². The minimum Gasteiger partial charge on any atom is -0.481 e. The highest BCUT2D eigenvalue weighted by Crippen LogP contribution is 2.26. The second-order valence-corrected chi connectivity index (χ2v) is 6.56. The number of hydrogen-bond donors (Lipinski definition) is 1. The average molecular weight is 307 g/mol. The molecule has 0 aliphatic carbocycles. The summed E-state index contributed by atoms with van der Waals surface area (Å²) in [6, 6.07) is 6.08. The van der Waals surface area contributed by atoms with Crippen molar-refractivity contribution >= 4 is 23.6 Å². The van der Waals surface area contributed by atoms with Crippen LogP contribution in [0.2, 0.25) is 0 Å². The highest BCUT2D eigenvalue weighted by atomic mass is 32.2. The highest BCUT2D eigenvalue weighted by molar-refractivity contribution is 8.00. The van der Waals surface area contributed by atoms with Crippen molar-refractivity contribution in [1.82, 2.24) is 4.90 Å². The molecule has 114 valence electrons. The zero-order valence-electron chi connectivity index (χ0n) is 12.5. The van der Waals surface area contributed by atoms with E-state index in [1.165, 1.54) is 22.9 Å². The Balaban J connectivity index is 1.95. The number of amides is 1. The number of hydrogen-bond acceptors (Lipinski definition) is 3. The summed E-state index contributed by atoms with van der Waals surface area (Å²) in [5.74, 6) is -0.410. The lowest BCUT2D eigenvalue weighted by Crippen LogP contribution is -2.37. The Kier molecular flexibility index (Phi) is 5.28. The van der Waals surface area contributed by atoms with Gasteiger partial charge < -0.3 is 10.0 Å². The molecule has 0 saturated carbocycles. The Bertz CT molecular complexity index is 544. The predicted molar refractivity (Wildman–Crippen MR) is 83.6 cm³/mol. The fourth-order valence-corrected chi connectivity index (χ4v) is 3.67. The van der Waals surface area contributed by atoms with E-state index in [0.29, 0.717) is 12.3 Å². The van der Waals surface area contributed by atoms with Crippen molar-refractivity contribution in [1.29, 1.82) is 0 Å². The van der Waals surface area contributed by atoms with Gasteiger partial charge in [-0.15, -0.1) is 11.8 Å². The molecule has 0 spiro atoms. The van der Waals surface area contributed by atoms with E-state index in [4.69, 9.17) is 5.11 Å². The molecule has 1 heterocycles. The van der Waals surface area contributed by atoms with Gasteiger partial charge >= 0.3 is 5.97 Å². The molecule has 4 nitrogen and oxygen atoms in total. The molecule has 1 amide bonds. The Labute approximate surface area is 129 Å². The Morgan fingerprint density at radius 1 is 1.38 bits per heavy atom. The summed E-state index contributed by atoms with van der Waals surface area (Å²) in [7, 11) is 0. The number of carboxylic acids is 1. The molecule has 1 unspecified atom stereocenters. The Morgan fingerprint density at radius 3 is 2.86 bits per heavy atom. The van der Waals surface area contributed by atoms with Crippen molar-refractivity contribution < 1.29 is 14.7 Å². The van der Waals surface area contributed by atoms with E-state index < -0.39 is 5.97 Å². The predicted octanol–water partition coefficient (Wildman–Crippen LogP) is 2.86. The topological polar surface area (TPSA) is 57.6 Å². The van der Waals surface area contributed by atoms with Crippen LogP contribution >= 0.6 is 11.8 Å². The van der Waals surface area contributed by atoms with Gasteiger partial charge in [-0.3, -0.25) is 9.59 Å². The van der Waals surface area contributed by atoms with Gasteiger partial charge in [0, 0.05) is 17.5 Å². The maximum absolute atomic E-state index is 12.3. The Morgan fingerprint density at radius 2 is 2.14 bits per heavy atom. The lowest BCUT2D eigenvalue weighted by atomic mass is 10.1. The lowest BCUT2D eigenvalue weighted by molar-refractivity contribution is -0.139. The van der Waals surface area contributed by atoms with Crippen LogP contribution in [0.3, 0.4) is 0 Å². The summed E-state index contributed by atoms with van der Waals surface area (Å²) < 4.78 is 0. The van der Waals surface area contributed by atoms with E-state index in [1.54, 1.807) is 4.90 Å². The van der Waals surface area contributed by atoms with Gasteiger partial charge in [0.2, 0.25) is 5.91 Å². The molecule has 5 heteroatoms. The summed E-state index contributed by atoms with van der Waals surface area (Å²) in [4.78, 5) is 26.0. The van der Waals surface area contributed by atoms with Crippen molar-refractivity contribution in [2.45, 2.75) is 44.0 Å². The third-order valence-corrected chi connectivity index (χ3v) is 4.94. The first-order chi connectivity index (χ1) is 9.97. The summed E-state index contributed by atoms with van der Waals surface area (Å²) in [6.07, 6.45) is 1.75. The van der Waals surface area contributed by atoms with E-state index in [0.717, 1.165) is 17.7 Å². The number of carbonyl (C=O) groups is 2. The summed E-state index contributed by atoms with van der Waals surface area (Å²) >= 11 is 1.54. The van der Waals surface area contributed by atoms with Crippen molar-refractivity contribution in [2.75, 3.05) is 12.3 Å². The largest absolute Gasteiger partial charge is 0.481 e. The number of thioether (sulfide) groups is 1. The molecule has 1 fully saturated rings. The molecule has 1 saturated heterocycles. The van der Waals surface area contributed by atoms with Crippen LogP contribution in [-0.4, -0.2) is 40.2 Å². The highest BCUT2D eigenvalue weighted by Gasteiger charge is 2.30. The van der Waals surface area contributed by atoms with Gasteiger partial charge in [-0.1, -0.05) is 17.7 Å². The normalized spacial score (nSPS) is 18.0. The van der Waals surface area contributed by atoms with Crippen LogP contribution in [0, 0.1) is 13.8 Å². The number of aryl methyl sites for hydroxylation is 2. The maximum Gasteiger partial charge on any atom is 0.305 e. The number of nitrogens with zero attached hydrogens (tertiary/aromatic N) is 1. The van der Waals surface area contributed by atoms with Gasteiger partial charge in [-0.25, -0.2) is 0 Å². The van der Waals surface area contributed by atoms with Crippen LogP contribution in [-0.2, 0) is 9.59 Å². The monoisotopic (exact) mass is 307 g/mol. The van der Waals surface area contributed by atoms with E-state index in [2.05, 4.69) is 18.2 Å². The van der Waals surface area contributed by atoms with Crippen LogP contribution in [0.15, 0.2) is 23.1 Å². The molecule has 1 aliphatic rings. The fourth-order valence-electron chi connectivity index (χ4n) is 2.66. The molecule has 1 N–H and O–H groups in total. The summed E-state index contributed by atoms with van der Waals surface area (Å²) in [5.41, 5.74) is 2.35. The minimum absolute atomic E-state index is 0.0460. The standard InChI is InChI=1S/C16H21NO3S/c1-11-5-6-12(2)14(8-11)21-10-15(18)17-7-3-4-13(17)9-16(19)20/h5-6,8,13H,3-4,7,9-10H2,1-2H3,(H,19,20). The first-order valence-electron chi connectivity index (χ1n) is 7.18. The van der Waals surface area contributed by atoms with Gasteiger partial charge in [-0.05, 0) is 38.3 Å². The number of likely N-dealkylation sites (tertiary alicyclic amines) is 1. The number of benzene rings is 1. The van der Waals surface area contributed by atoms with Gasteiger partial charge in [0.15, 0.2) is 0 Å². The molecule has 0 radical (unpaired) electrons. The number of aliphatic carboxylic acids is 1. The number of rotatable bonds is 5. The molecule has 2 rings (SSSR count). The third-order valence-electron chi connectivity index (χ3n) is 3.80. The first kappa shape index (κ1) is 15.9. The van der Waals surface area contributed by atoms with E-state index >= 15 is 0 Å². The van der Waals surface area contributed by atoms with E-state index in [1.807, 2.05) is 13.8 Å². The van der Waals surface area contributed by atoms with Crippen molar-refractivity contribution in [2.24, 2.45) is 0 Å². The second-order valence-electron chi connectivity index (χ2n) is 5.54. The molecule has 1 atom stereocenters. The van der Waals surface area contributed by atoms with Crippen LogP contribution in [0.1, 0.15) is 30.4 Å². The minimum atomic E-state index is -0.832. The molecule has 0 aromatic heterocycles. The zero-order valence-corrected chi connectivity index (χ0v) is 13.3. The van der Waals surface area contributed by atoms with Crippen molar-refractivity contribution in [3.05, 3.63) is 29.3 Å². The van der Waals surface area contributed by atoms with Crippen LogP contribution in [0.4, 0.5) is 0 Å². The van der Waals surface area contributed by atoms with Gasteiger partial charge in [0.05, 0.1) is 12.2 Å². The number of carboxylic acid groups (broad SMARTS) is 1. The quantitative estimate of drug-likeness (QED) is 0.850. The van der Waals surface area contributed by atoms with Crippen LogP contribution < -0.4 is 0 Å².